The number of rotatable bonds is 5. The number of pyridine rings is 1. The van der Waals surface area contributed by atoms with Gasteiger partial charge in [0.1, 0.15) is 11.6 Å². The molecule has 7 heteroatoms. The molecule has 0 radical (unpaired) electrons. The molecule has 2 heterocycles. The zero-order valence-electron chi connectivity index (χ0n) is 13.2. The van der Waals surface area contributed by atoms with Crippen LogP contribution in [0.25, 0.3) is 0 Å². The highest BCUT2D eigenvalue weighted by Crippen LogP contribution is 2.12. The zero-order chi connectivity index (χ0) is 17.6. The van der Waals surface area contributed by atoms with Gasteiger partial charge < -0.3 is 10.4 Å². The molecule has 1 aromatic carbocycles. The van der Waals surface area contributed by atoms with E-state index in [4.69, 9.17) is 5.11 Å². The van der Waals surface area contributed by atoms with Gasteiger partial charge >= 0.3 is 0 Å². The number of carbonyl (C=O) groups excluding carboxylic acids is 1. The maximum atomic E-state index is 13.2. The molecule has 0 aliphatic rings. The molecule has 25 heavy (non-hydrogen) atoms. The van der Waals surface area contributed by atoms with Crippen LogP contribution in [0.15, 0.2) is 55.0 Å². The van der Waals surface area contributed by atoms with Crippen molar-refractivity contribution in [1.82, 2.24) is 15.0 Å². The fourth-order valence-corrected chi connectivity index (χ4v) is 2.21. The van der Waals surface area contributed by atoms with Crippen LogP contribution in [0.5, 0.6) is 0 Å². The molecule has 3 aromatic rings. The number of amides is 1. The van der Waals surface area contributed by atoms with Gasteiger partial charge in [-0.3, -0.25) is 4.79 Å². The highest BCUT2D eigenvalue weighted by molar-refractivity contribution is 6.00. The maximum absolute atomic E-state index is 13.2. The summed E-state index contributed by atoms with van der Waals surface area (Å²) >= 11 is 0. The Morgan fingerprint density at radius 1 is 1.00 bits per heavy atom. The Balaban J connectivity index is 1.64. The van der Waals surface area contributed by atoms with E-state index >= 15 is 0 Å². The van der Waals surface area contributed by atoms with Crippen molar-refractivity contribution in [3.8, 4) is 0 Å². The Morgan fingerprint density at radius 3 is 2.40 bits per heavy atom. The van der Waals surface area contributed by atoms with Gasteiger partial charge in [-0.1, -0.05) is 18.2 Å². The Kier molecular flexibility index (Phi) is 5.06. The lowest BCUT2D eigenvalue weighted by Gasteiger charge is -2.06. The average molecular weight is 338 g/mol. The summed E-state index contributed by atoms with van der Waals surface area (Å²) in [6, 6.07) is 9.84. The van der Waals surface area contributed by atoms with E-state index in [-0.39, 0.29) is 18.2 Å². The molecule has 3 rings (SSSR count). The molecule has 0 unspecified atom stereocenters. The second-order valence-corrected chi connectivity index (χ2v) is 5.39. The number of anilines is 1. The van der Waals surface area contributed by atoms with Crippen molar-refractivity contribution in [3.05, 3.63) is 83.3 Å². The number of carbonyl (C=O) groups is 1. The van der Waals surface area contributed by atoms with Gasteiger partial charge in [0, 0.05) is 24.2 Å². The van der Waals surface area contributed by atoms with Gasteiger partial charge in [-0.2, -0.15) is 0 Å². The molecule has 0 saturated carbocycles. The van der Waals surface area contributed by atoms with E-state index in [0.717, 1.165) is 11.1 Å². The lowest BCUT2D eigenvalue weighted by atomic mass is 10.1. The minimum Gasteiger partial charge on any atom is -0.392 e. The summed E-state index contributed by atoms with van der Waals surface area (Å²) in [7, 11) is 0. The average Bonchev–Trinajstić information content (AvgIpc) is 2.63. The second kappa shape index (κ2) is 7.59. The van der Waals surface area contributed by atoms with Gasteiger partial charge in [-0.25, -0.2) is 19.3 Å². The number of hydrogen-bond donors (Lipinski definition) is 2. The van der Waals surface area contributed by atoms with Crippen molar-refractivity contribution in [3.63, 3.8) is 0 Å². The molecule has 2 N–H and O–H groups in total. The highest BCUT2D eigenvalue weighted by atomic mass is 19.1. The van der Waals surface area contributed by atoms with E-state index in [1.807, 2.05) is 12.1 Å². The van der Waals surface area contributed by atoms with Crippen molar-refractivity contribution < 1.29 is 14.3 Å². The van der Waals surface area contributed by atoms with Crippen molar-refractivity contribution in [2.24, 2.45) is 0 Å². The third-order valence-electron chi connectivity index (χ3n) is 3.45. The van der Waals surface area contributed by atoms with Crippen LogP contribution in [0.4, 0.5) is 10.2 Å². The minimum absolute atomic E-state index is 0.0113. The van der Waals surface area contributed by atoms with Crippen LogP contribution in [-0.2, 0) is 13.0 Å². The van der Waals surface area contributed by atoms with Crippen LogP contribution in [0, 0.1) is 5.82 Å². The van der Waals surface area contributed by atoms with Crippen molar-refractivity contribution in [2.45, 2.75) is 13.0 Å². The standard InChI is InChI=1S/C18H15FN4O2/c19-15-3-1-2-12(7-15)6-13-4-5-16(20-8-13)23-18(25)17-21-9-14(11-24)10-22-17/h1-5,7-10,24H,6,11H2,(H,20,23,25). The van der Waals surface area contributed by atoms with Crippen molar-refractivity contribution in [2.75, 3.05) is 5.32 Å². The molecule has 0 saturated heterocycles. The fourth-order valence-electron chi connectivity index (χ4n) is 2.21. The predicted molar refractivity (Wildman–Crippen MR) is 89.4 cm³/mol. The minimum atomic E-state index is -0.491. The lowest BCUT2D eigenvalue weighted by molar-refractivity contribution is 0.101. The first-order valence-electron chi connectivity index (χ1n) is 7.56. The summed E-state index contributed by atoms with van der Waals surface area (Å²) in [5, 5.41) is 11.5. The van der Waals surface area contributed by atoms with Crippen LogP contribution >= 0.6 is 0 Å². The van der Waals surface area contributed by atoms with E-state index < -0.39 is 5.91 Å². The Bertz CT molecular complexity index is 867. The van der Waals surface area contributed by atoms with Crippen LogP contribution in [0.3, 0.4) is 0 Å². The summed E-state index contributed by atoms with van der Waals surface area (Å²) in [6.07, 6.45) is 4.94. The molecule has 0 bridgehead atoms. The normalized spacial score (nSPS) is 10.5. The molecular weight excluding hydrogens is 323 g/mol. The molecule has 0 aliphatic carbocycles. The molecular formula is C18H15FN4O2. The Labute approximate surface area is 143 Å². The topological polar surface area (TPSA) is 88.0 Å². The highest BCUT2D eigenvalue weighted by Gasteiger charge is 2.10. The van der Waals surface area contributed by atoms with E-state index in [1.54, 1.807) is 18.3 Å². The summed E-state index contributed by atoms with van der Waals surface area (Å²) < 4.78 is 13.2. The quantitative estimate of drug-likeness (QED) is 0.745. The molecule has 2 aromatic heterocycles. The number of benzene rings is 1. The summed E-state index contributed by atoms with van der Waals surface area (Å²) in [5.41, 5.74) is 2.26. The largest absolute Gasteiger partial charge is 0.392 e. The summed E-state index contributed by atoms with van der Waals surface area (Å²) in [4.78, 5) is 24.0. The number of nitrogens with one attached hydrogen (secondary N) is 1. The smallest absolute Gasteiger partial charge is 0.294 e. The van der Waals surface area contributed by atoms with Crippen molar-refractivity contribution >= 4 is 11.7 Å². The number of aliphatic hydroxyl groups excluding tert-OH is 1. The van der Waals surface area contributed by atoms with Crippen LogP contribution in [0.1, 0.15) is 27.3 Å². The molecule has 126 valence electrons. The van der Waals surface area contributed by atoms with Crippen LogP contribution < -0.4 is 5.32 Å². The van der Waals surface area contributed by atoms with Crippen LogP contribution in [0.2, 0.25) is 0 Å². The molecule has 0 aliphatic heterocycles. The molecule has 0 atom stereocenters. The zero-order valence-corrected chi connectivity index (χ0v) is 13.2. The van der Waals surface area contributed by atoms with Gasteiger partial charge in [0.2, 0.25) is 5.82 Å². The van der Waals surface area contributed by atoms with E-state index in [2.05, 4.69) is 20.3 Å². The SMILES string of the molecule is O=C(Nc1ccc(Cc2cccc(F)c2)cn1)c1ncc(CO)cn1. The van der Waals surface area contributed by atoms with Gasteiger partial charge in [-0.05, 0) is 35.7 Å². The first-order chi connectivity index (χ1) is 12.1. The first kappa shape index (κ1) is 16.7. The fraction of sp³-hybridized carbons (Fsp3) is 0.111. The number of aromatic nitrogens is 3. The second-order valence-electron chi connectivity index (χ2n) is 5.39. The number of nitrogens with zero attached hydrogens (tertiary/aromatic N) is 3. The molecule has 0 fully saturated rings. The number of aliphatic hydroxyl groups is 1. The van der Waals surface area contributed by atoms with E-state index in [0.29, 0.717) is 17.8 Å². The van der Waals surface area contributed by atoms with Gasteiger partial charge in [-0.15, -0.1) is 0 Å². The van der Waals surface area contributed by atoms with Gasteiger partial charge in [0.15, 0.2) is 0 Å². The Hall–Kier alpha value is -3.19. The number of halogens is 1. The summed E-state index contributed by atoms with van der Waals surface area (Å²) in [6.45, 7) is -0.184. The third-order valence-corrected chi connectivity index (χ3v) is 3.45. The maximum Gasteiger partial charge on any atom is 0.294 e. The Morgan fingerprint density at radius 2 is 1.76 bits per heavy atom. The van der Waals surface area contributed by atoms with E-state index in [9.17, 15) is 9.18 Å². The van der Waals surface area contributed by atoms with Gasteiger partial charge in [0.25, 0.3) is 5.91 Å². The van der Waals surface area contributed by atoms with E-state index in [1.165, 1.54) is 24.5 Å². The predicted octanol–water partition coefficient (Wildman–Crippen LogP) is 2.35. The van der Waals surface area contributed by atoms with Crippen LogP contribution in [-0.4, -0.2) is 26.0 Å². The molecule has 6 nitrogen and oxygen atoms in total. The monoisotopic (exact) mass is 338 g/mol. The summed E-state index contributed by atoms with van der Waals surface area (Å²) in [5.74, 6) is -0.415. The lowest BCUT2D eigenvalue weighted by Crippen LogP contribution is -2.16. The number of hydrogen-bond acceptors (Lipinski definition) is 5. The van der Waals surface area contributed by atoms with Gasteiger partial charge in [0.05, 0.1) is 6.61 Å². The van der Waals surface area contributed by atoms with Crippen molar-refractivity contribution in [1.29, 1.82) is 0 Å². The molecule has 1 amide bonds. The third kappa shape index (κ3) is 4.42. The molecule has 0 spiro atoms. The first-order valence-corrected chi connectivity index (χ1v) is 7.56.